The van der Waals surface area contributed by atoms with Crippen molar-refractivity contribution in [3.8, 4) is 0 Å². The van der Waals surface area contributed by atoms with Crippen LogP contribution in [-0.4, -0.2) is 17.6 Å². The van der Waals surface area contributed by atoms with Gasteiger partial charge in [0.25, 0.3) is 0 Å². The van der Waals surface area contributed by atoms with Gasteiger partial charge in [0, 0.05) is 7.85 Å². The van der Waals surface area contributed by atoms with Crippen molar-refractivity contribution in [2.45, 2.75) is 32.7 Å². The number of ketones is 2. The molecule has 60 valence electrons. The molecule has 0 aliphatic rings. The molecule has 3 heteroatoms. The molecule has 1 atom stereocenters. The molecule has 0 aromatic heterocycles. The Bertz CT molecular complexity index is 147. The normalized spacial score (nSPS) is 12.7. The van der Waals surface area contributed by atoms with Crippen LogP contribution >= 0.6 is 0 Å². The topological polar surface area (TPSA) is 60.2 Å². The molecule has 10 heavy (non-hydrogen) atoms. The average Bonchev–Trinajstić information content (AvgIpc) is 1.82. The van der Waals surface area contributed by atoms with E-state index in [1.54, 1.807) is 0 Å². The van der Waals surface area contributed by atoms with E-state index in [1.807, 2.05) is 0 Å². The molecule has 2 N–H and O–H groups in total. The first-order valence-corrected chi connectivity index (χ1v) is 3.29. The van der Waals surface area contributed by atoms with Gasteiger partial charge in [-0.1, -0.05) is 0 Å². The lowest BCUT2D eigenvalue weighted by molar-refractivity contribution is -0.119. The first kappa shape index (κ1) is 9.30. The Morgan fingerprint density at radius 2 is 2.00 bits per heavy atom. The highest BCUT2D eigenvalue weighted by Crippen LogP contribution is 1.95. The van der Waals surface area contributed by atoms with Crippen LogP contribution in [0.25, 0.3) is 0 Å². The number of Topliss-reactive ketones (excluding diaryl/α,β-unsaturated/α-hetero) is 2. The molecule has 0 saturated heterocycles. The summed E-state index contributed by atoms with van der Waals surface area (Å²) in [7, 11) is 0. The second kappa shape index (κ2) is 4.17. The lowest BCUT2D eigenvalue weighted by atomic mass is 10.1. The zero-order chi connectivity index (χ0) is 8.15. The van der Waals surface area contributed by atoms with E-state index in [-0.39, 0.29) is 13.0 Å². The lowest BCUT2D eigenvalue weighted by Gasteiger charge is -2.03. The molecule has 0 aliphatic heterocycles. The molecule has 0 spiro atoms. The molecule has 1 unspecified atom stereocenters. The summed E-state index contributed by atoms with van der Waals surface area (Å²) in [6.07, 6.45) is 0.880. The summed E-state index contributed by atoms with van der Waals surface area (Å²) in [4.78, 5) is 20.9. The maximum absolute atomic E-state index is 10.5. The van der Waals surface area contributed by atoms with Crippen molar-refractivity contribution in [3.05, 3.63) is 0 Å². The van der Waals surface area contributed by atoms with Crippen molar-refractivity contribution in [1.29, 1.82) is 0 Å². The van der Waals surface area contributed by atoms with Gasteiger partial charge in [-0.25, -0.2) is 0 Å². The highest BCUT2D eigenvalue weighted by Gasteiger charge is 2.07. The molecular weight excluding hydrogens is 130 g/mol. The summed E-state index contributed by atoms with van der Waals surface area (Å²) in [5.74, 6) is 0.0259. The molecule has 0 aromatic rings. The second-order valence-electron chi connectivity index (χ2n) is 2.46. The van der Waals surface area contributed by atoms with Crippen molar-refractivity contribution in [1.82, 2.24) is 0 Å². The quantitative estimate of drug-likeness (QED) is 0.627. The van der Waals surface area contributed by atoms with Gasteiger partial charge in [-0.15, -0.1) is 0 Å². The summed E-state index contributed by atoms with van der Waals surface area (Å²) in [5.41, 5.74) is 5.36. The summed E-state index contributed by atoms with van der Waals surface area (Å²) in [6.45, 7) is 2.93. The zero-order valence-electron chi connectivity index (χ0n) is 6.39. The molecule has 0 aromatic carbocycles. The van der Waals surface area contributed by atoms with Gasteiger partial charge in [0.05, 0.1) is 6.04 Å². The van der Waals surface area contributed by atoms with Gasteiger partial charge < -0.3 is 10.5 Å². The lowest BCUT2D eigenvalue weighted by Crippen LogP contribution is -2.28. The predicted molar refractivity (Wildman–Crippen MR) is 40.7 cm³/mol. The summed E-state index contributed by atoms with van der Waals surface area (Å²) < 4.78 is 0. The van der Waals surface area contributed by atoms with Crippen LogP contribution in [-0.2, 0) is 9.59 Å². The summed E-state index contributed by atoms with van der Waals surface area (Å²) in [6, 6.07) is -0.455. The van der Waals surface area contributed by atoms with Crippen LogP contribution in [0.4, 0.5) is 0 Å². The minimum Gasteiger partial charge on any atom is -0.322 e. The fourth-order valence-corrected chi connectivity index (χ4v) is 0.562. The largest absolute Gasteiger partial charge is 0.322 e. The van der Waals surface area contributed by atoms with E-state index in [1.165, 1.54) is 13.8 Å². The fourth-order valence-electron chi connectivity index (χ4n) is 0.562. The third-order valence-electron chi connectivity index (χ3n) is 1.33. The molecule has 0 heterocycles. The van der Waals surface area contributed by atoms with Gasteiger partial charge >= 0.3 is 0 Å². The number of rotatable bonds is 4. The van der Waals surface area contributed by atoms with Crippen molar-refractivity contribution in [2.24, 2.45) is 5.73 Å². The molecule has 0 amide bonds. The van der Waals surface area contributed by atoms with E-state index in [2.05, 4.69) is 0 Å². The van der Waals surface area contributed by atoms with E-state index in [9.17, 15) is 9.59 Å². The number of carbonyl (C=O) groups is 2. The van der Waals surface area contributed by atoms with E-state index in [0.717, 1.165) is 0 Å². The van der Waals surface area contributed by atoms with Gasteiger partial charge in [0.15, 0.2) is 0 Å². The molecule has 0 bridgehead atoms. The van der Waals surface area contributed by atoms with Crippen LogP contribution < -0.4 is 5.73 Å². The fraction of sp³-hybridized carbons (Fsp3) is 0.714. The number of nitrogens with two attached hydrogens (primary N) is 1. The average molecular weight is 145 g/mol. The second-order valence-corrected chi connectivity index (χ2v) is 2.46. The van der Waals surface area contributed by atoms with Gasteiger partial charge in [-0.2, -0.15) is 0 Å². The predicted octanol–water partition coefficient (Wildman–Crippen LogP) is 0.518. The van der Waals surface area contributed by atoms with Crippen LogP contribution in [0.2, 0.25) is 0 Å². The highest BCUT2D eigenvalue weighted by molar-refractivity contribution is 5.82. The molecule has 0 radical (unpaired) electrons. The Kier molecular flexibility index (Phi) is 3.88. The van der Waals surface area contributed by atoms with E-state index >= 15 is 0 Å². The van der Waals surface area contributed by atoms with Crippen molar-refractivity contribution in [3.63, 3.8) is 0 Å². The monoisotopic (exact) mass is 145 g/mol. The number of carbonyl (C=O) groups excluding carboxylic acids is 2. The molecular formula is C7H15NO2. The van der Waals surface area contributed by atoms with Crippen molar-refractivity contribution in [2.75, 3.05) is 0 Å². The first-order chi connectivity index (χ1) is 4.54. The van der Waals surface area contributed by atoms with E-state index < -0.39 is 6.04 Å². The molecule has 0 saturated carbocycles. The third kappa shape index (κ3) is 4.21. The molecule has 0 aliphatic carbocycles. The van der Waals surface area contributed by atoms with Crippen LogP contribution in [0.5, 0.6) is 0 Å². The zero-order valence-corrected chi connectivity index (χ0v) is 6.39. The van der Waals surface area contributed by atoms with Gasteiger partial charge in [0.2, 0.25) is 0 Å². The van der Waals surface area contributed by atoms with E-state index in [0.29, 0.717) is 12.8 Å². The van der Waals surface area contributed by atoms with Gasteiger partial charge in [0.1, 0.15) is 11.6 Å². The third-order valence-corrected chi connectivity index (χ3v) is 1.33. The Morgan fingerprint density at radius 3 is 2.30 bits per heavy atom. The minimum absolute atomic E-state index is 0. The smallest absolute Gasteiger partial charge is 0.146 e. The molecule has 3 nitrogen and oxygen atoms in total. The first-order valence-electron chi connectivity index (χ1n) is 3.29. The van der Waals surface area contributed by atoms with Crippen LogP contribution in [0, 0.1) is 0 Å². The molecule has 0 fully saturated rings. The summed E-state index contributed by atoms with van der Waals surface area (Å²) in [5, 5.41) is 0. The van der Waals surface area contributed by atoms with Gasteiger partial charge in [-0.3, -0.25) is 4.79 Å². The maximum Gasteiger partial charge on any atom is 0.146 e. The van der Waals surface area contributed by atoms with Crippen molar-refractivity contribution < 1.29 is 11.0 Å². The maximum atomic E-state index is 10.5. The van der Waals surface area contributed by atoms with Crippen LogP contribution in [0.15, 0.2) is 0 Å². The summed E-state index contributed by atoms with van der Waals surface area (Å²) >= 11 is 0. The Labute approximate surface area is 62.1 Å². The number of hydrogen-bond donors (Lipinski definition) is 1. The molecule has 0 rings (SSSR count). The number of hydrogen-bond acceptors (Lipinski definition) is 3. The Balaban J connectivity index is 0. The highest BCUT2D eigenvalue weighted by atomic mass is 16.1. The minimum atomic E-state index is -0.455. The van der Waals surface area contributed by atoms with Crippen LogP contribution in [0.1, 0.15) is 28.1 Å². The Hall–Kier alpha value is -0.700. The SMILES string of the molecule is CC(=O)CCC(N)C(C)=O.[HH]. The van der Waals surface area contributed by atoms with Gasteiger partial charge in [-0.05, 0) is 20.3 Å². The van der Waals surface area contributed by atoms with E-state index in [4.69, 9.17) is 5.73 Å². The standard InChI is InChI=1S/C7H13NO2.H2/c1-5(9)3-4-7(8)6(2)10;/h7H,3-4,8H2,1-2H3;1H. The van der Waals surface area contributed by atoms with Crippen molar-refractivity contribution >= 4 is 11.6 Å². The van der Waals surface area contributed by atoms with Crippen LogP contribution in [0.3, 0.4) is 0 Å². The Morgan fingerprint density at radius 1 is 1.50 bits per heavy atom.